The Kier molecular flexibility index (Phi) is 6.58. The first kappa shape index (κ1) is 18.7. The van der Waals surface area contributed by atoms with E-state index in [9.17, 15) is 0 Å². The second-order valence-electron chi connectivity index (χ2n) is 5.92. The molecule has 2 N–H and O–H groups in total. The second kappa shape index (κ2) is 8.45. The molecule has 1 aliphatic heterocycles. The summed E-state index contributed by atoms with van der Waals surface area (Å²) in [5.41, 5.74) is 1.17. The van der Waals surface area contributed by atoms with Crippen LogP contribution in [0.1, 0.15) is 23.6 Å². The standard InChI is InChI=1S/C15H24N8.HI/c1-11-8-18-22(9-11)7-6-17-15(16-3)20-13-4-5-14-19-12(2)21-23(14)10-13;/h8-9,13H,4-7,10H2,1-3H3,(H2,16,17,20);1H. The molecule has 132 valence electrons. The lowest BCUT2D eigenvalue weighted by molar-refractivity contribution is 0.392. The number of aryl methyl sites for hydroxylation is 3. The van der Waals surface area contributed by atoms with Crippen LogP contribution in [0.2, 0.25) is 0 Å². The maximum atomic E-state index is 4.44. The van der Waals surface area contributed by atoms with Crippen molar-refractivity contribution in [2.45, 2.75) is 45.8 Å². The molecule has 0 aliphatic carbocycles. The van der Waals surface area contributed by atoms with Gasteiger partial charge < -0.3 is 10.6 Å². The summed E-state index contributed by atoms with van der Waals surface area (Å²) >= 11 is 0. The van der Waals surface area contributed by atoms with Crippen LogP contribution < -0.4 is 10.6 Å². The first-order valence-electron chi connectivity index (χ1n) is 8.00. The molecule has 0 saturated heterocycles. The molecular formula is C15H25IN8. The summed E-state index contributed by atoms with van der Waals surface area (Å²) < 4.78 is 3.93. The summed E-state index contributed by atoms with van der Waals surface area (Å²) in [7, 11) is 1.79. The van der Waals surface area contributed by atoms with Crippen molar-refractivity contribution >= 4 is 29.9 Å². The molecule has 3 heterocycles. The van der Waals surface area contributed by atoms with Gasteiger partial charge in [0.25, 0.3) is 0 Å². The van der Waals surface area contributed by atoms with E-state index in [4.69, 9.17) is 0 Å². The Morgan fingerprint density at radius 1 is 1.42 bits per heavy atom. The van der Waals surface area contributed by atoms with Gasteiger partial charge in [-0.2, -0.15) is 10.2 Å². The van der Waals surface area contributed by atoms with Gasteiger partial charge >= 0.3 is 0 Å². The zero-order chi connectivity index (χ0) is 16.2. The predicted molar refractivity (Wildman–Crippen MR) is 104 cm³/mol. The molecule has 3 rings (SSSR count). The average Bonchev–Trinajstić information content (AvgIpc) is 3.10. The summed E-state index contributed by atoms with van der Waals surface area (Å²) in [6.07, 6.45) is 5.89. The molecule has 0 fully saturated rings. The molecule has 0 saturated carbocycles. The molecule has 0 radical (unpaired) electrons. The van der Waals surface area contributed by atoms with E-state index in [1.807, 2.05) is 35.6 Å². The minimum absolute atomic E-state index is 0. The highest BCUT2D eigenvalue weighted by Gasteiger charge is 2.21. The van der Waals surface area contributed by atoms with Crippen LogP contribution >= 0.6 is 24.0 Å². The molecule has 1 aliphatic rings. The normalized spacial score (nSPS) is 17.1. The molecule has 2 aromatic heterocycles. The van der Waals surface area contributed by atoms with Crippen LogP contribution in [0.3, 0.4) is 0 Å². The van der Waals surface area contributed by atoms with Gasteiger partial charge in [-0.05, 0) is 25.8 Å². The van der Waals surface area contributed by atoms with Crippen molar-refractivity contribution in [3.63, 3.8) is 0 Å². The van der Waals surface area contributed by atoms with Crippen LogP contribution in [0.5, 0.6) is 0 Å². The van der Waals surface area contributed by atoms with Crippen LogP contribution in [-0.2, 0) is 19.5 Å². The monoisotopic (exact) mass is 444 g/mol. The number of rotatable bonds is 4. The van der Waals surface area contributed by atoms with Crippen molar-refractivity contribution < 1.29 is 0 Å². The minimum atomic E-state index is 0. The quantitative estimate of drug-likeness (QED) is 0.416. The van der Waals surface area contributed by atoms with Crippen LogP contribution in [-0.4, -0.2) is 50.1 Å². The van der Waals surface area contributed by atoms with Crippen molar-refractivity contribution in [1.82, 2.24) is 35.2 Å². The van der Waals surface area contributed by atoms with Gasteiger partial charge in [-0.25, -0.2) is 9.67 Å². The molecule has 2 aromatic rings. The minimum Gasteiger partial charge on any atom is -0.355 e. The van der Waals surface area contributed by atoms with E-state index < -0.39 is 0 Å². The van der Waals surface area contributed by atoms with Crippen molar-refractivity contribution in [2.24, 2.45) is 4.99 Å². The zero-order valence-corrected chi connectivity index (χ0v) is 16.7. The number of hydrogen-bond donors (Lipinski definition) is 2. The van der Waals surface area contributed by atoms with E-state index in [0.29, 0.717) is 6.04 Å². The molecule has 1 unspecified atom stereocenters. The number of nitrogens with one attached hydrogen (secondary N) is 2. The molecule has 9 heteroatoms. The zero-order valence-electron chi connectivity index (χ0n) is 14.4. The number of fused-ring (bicyclic) bond motifs is 1. The first-order valence-corrected chi connectivity index (χ1v) is 8.00. The molecular weight excluding hydrogens is 419 g/mol. The fourth-order valence-electron chi connectivity index (χ4n) is 2.82. The van der Waals surface area contributed by atoms with E-state index in [1.54, 1.807) is 7.05 Å². The van der Waals surface area contributed by atoms with Crippen molar-refractivity contribution in [3.05, 3.63) is 29.6 Å². The highest BCUT2D eigenvalue weighted by molar-refractivity contribution is 14.0. The Balaban J connectivity index is 0.00000208. The van der Waals surface area contributed by atoms with Crippen LogP contribution in [0.15, 0.2) is 17.4 Å². The first-order chi connectivity index (χ1) is 11.1. The van der Waals surface area contributed by atoms with Gasteiger partial charge in [0.1, 0.15) is 11.6 Å². The van der Waals surface area contributed by atoms with Crippen molar-refractivity contribution in [3.8, 4) is 0 Å². The van der Waals surface area contributed by atoms with Gasteiger partial charge in [0.05, 0.1) is 19.3 Å². The lowest BCUT2D eigenvalue weighted by Crippen LogP contribution is -2.47. The lowest BCUT2D eigenvalue weighted by atomic mass is 10.1. The molecule has 0 bridgehead atoms. The number of aliphatic imine (C=N–C) groups is 1. The fraction of sp³-hybridized carbons (Fsp3) is 0.600. The molecule has 0 spiro atoms. The molecule has 0 amide bonds. The molecule has 24 heavy (non-hydrogen) atoms. The fourth-order valence-corrected chi connectivity index (χ4v) is 2.82. The van der Waals surface area contributed by atoms with Gasteiger partial charge in [0.15, 0.2) is 5.96 Å². The van der Waals surface area contributed by atoms with Gasteiger partial charge in [-0.3, -0.25) is 9.67 Å². The number of aromatic nitrogens is 5. The Labute approximate surface area is 159 Å². The summed E-state index contributed by atoms with van der Waals surface area (Å²) in [5.74, 6) is 2.74. The Morgan fingerprint density at radius 3 is 2.96 bits per heavy atom. The van der Waals surface area contributed by atoms with E-state index >= 15 is 0 Å². The van der Waals surface area contributed by atoms with Crippen molar-refractivity contribution in [2.75, 3.05) is 13.6 Å². The maximum Gasteiger partial charge on any atom is 0.191 e. The maximum absolute atomic E-state index is 4.44. The summed E-state index contributed by atoms with van der Waals surface area (Å²) in [4.78, 5) is 8.74. The third-order valence-electron chi connectivity index (χ3n) is 3.92. The largest absolute Gasteiger partial charge is 0.355 e. The highest BCUT2D eigenvalue weighted by Crippen LogP contribution is 2.12. The average molecular weight is 444 g/mol. The van der Waals surface area contributed by atoms with Gasteiger partial charge in [0.2, 0.25) is 0 Å². The Bertz CT molecular complexity index is 689. The lowest BCUT2D eigenvalue weighted by Gasteiger charge is -2.25. The van der Waals surface area contributed by atoms with Gasteiger partial charge in [-0.15, -0.1) is 24.0 Å². The van der Waals surface area contributed by atoms with Crippen LogP contribution in [0.25, 0.3) is 0 Å². The van der Waals surface area contributed by atoms with Crippen molar-refractivity contribution in [1.29, 1.82) is 0 Å². The Morgan fingerprint density at radius 2 is 2.25 bits per heavy atom. The number of halogens is 1. The van der Waals surface area contributed by atoms with E-state index in [0.717, 1.165) is 50.1 Å². The smallest absolute Gasteiger partial charge is 0.191 e. The SMILES string of the molecule is CN=C(NCCn1cc(C)cn1)NC1CCc2nc(C)nn2C1.I. The van der Waals surface area contributed by atoms with Gasteiger partial charge in [-0.1, -0.05) is 0 Å². The van der Waals surface area contributed by atoms with E-state index in [2.05, 4.69) is 30.8 Å². The highest BCUT2D eigenvalue weighted by atomic mass is 127. The number of hydrogen-bond acceptors (Lipinski definition) is 4. The number of nitrogens with zero attached hydrogens (tertiary/aromatic N) is 6. The number of guanidine groups is 1. The van der Waals surface area contributed by atoms with E-state index in [-0.39, 0.29) is 24.0 Å². The van der Waals surface area contributed by atoms with E-state index in [1.165, 1.54) is 5.56 Å². The summed E-state index contributed by atoms with van der Waals surface area (Å²) in [6, 6.07) is 0.321. The second-order valence-corrected chi connectivity index (χ2v) is 5.92. The third-order valence-corrected chi connectivity index (χ3v) is 3.92. The molecule has 0 aromatic carbocycles. The van der Waals surface area contributed by atoms with Crippen LogP contribution in [0.4, 0.5) is 0 Å². The summed E-state index contributed by atoms with van der Waals surface area (Å²) in [5, 5.41) is 15.5. The summed E-state index contributed by atoms with van der Waals surface area (Å²) in [6.45, 7) is 6.40. The van der Waals surface area contributed by atoms with Crippen LogP contribution in [0, 0.1) is 13.8 Å². The Hall–Kier alpha value is -1.65. The van der Waals surface area contributed by atoms with Gasteiger partial charge in [0, 0.05) is 32.3 Å². The topological polar surface area (TPSA) is 84.9 Å². The molecule has 8 nitrogen and oxygen atoms in total. The predicted octanol–water partition coefficient (Wildman–Crippen LogP) is 0.889. The molecule has 1 atom stereocenters. The third kappa shape index (κ3) is 4.68.